The van der Waals surface area contributed by atoms with Gasteiger partial charge in [-0.2, -0.15) is 0 Å². The number of ketones is 1. The first-order valence-corrected chi connectivity index (χ1v) is 10.6. The molecule has 142 valence electrons. The second kappa shape index (κ2) is 5.79. The first kappa shape index (κ1) is 18.0. The number of hydrogen-bond donors (Lipinski definition) is 1. The molecule has 4 unspecified atom stereocenters. The Hall–Kier alpha value is -0.410. The largest absolute Gasteiger partial charge is 0.366 e. The van der Waals surface area contributed by atoms with Gasteiger partial charge in [-0.1, -0.05) is 26.7 Å². The van der Waals surface area contributed by atoms with Crippen LogP contribution in [0.5, 0.6) is 0 Å². The molecule has 0 amide bonds. The highest BCUT2D eigenvalue weighted by molar-refractivity contribution is 5.87. The van der Waals surface area contributed by atoms with Gasteiger partial charge >= 0.3 is 0 Å². The Morgan fingerprint density at radius 1 is 1.08 bits per heavy atom. The molecule has 0 aliphatic heterocycles. The van der Waals surface area contributed by atoms with E-state index in [1.165, 1.54) is 32.1 Å². The van der Waals surface area contributed by atoms with Gasteiger partial charge in [0.15, 0.2) is 5.79 Å². The zero-order valence-corrected chi connectivity index (χ0v) is 16.5. The summed E-state index contributed by atoms with van der Waals surface area (Å²) in [6.07, 6.45) is 10.5. The third-order valence-corrected chi connectivity index (χ3v) is 8.73. The van der Waals surface area contributed by atoms with E-state index in [1.54, 1.807) is 13.8 Å². The van der Waals surface area contributed by atoms with Gasteiger partial charge in [-0.25, -0.2) is 0 Å². The second-order valence-electron chi connectivity index (χ2n) is 10.5. The van der Waals surface area contributed by atoms with Crippen molar-refractivity contribution >= 4 is 5.78 Å². The first-order chi connectivity index (χ1) is 11.7. The van der Waals surface area contributed by atoms with Crippen LogP contribution in [-0.4, -0.2) is 22.8 Å². The van der Waals surface area contributed by atoms with E-state index in [4.69, 9.17) is 4.74 Å². The topological polar surface area (TPSA) is 46.5 Å². The van der Waals surface area contributed by atoms with E-state index in [2.05, 4.69) is 13.8 Å². The van der Waals surface area contributed by atoms with Crippen LogP contribution in [0.4, 0.5) is 0 Å². The van der Waals surface area contributed by atoms with E-state index in [-0.39, 0.29) is 11.5 Å². The summed E-state index contributed by atoms with van der Waals surface area (Å²) in [6, 6.07) is 0. The van der Waals surface area contributed by atoms with Crippen LogP contribution in [0.2, 0.25) is 0 Å². The van der Waals surface area contributed by atoms with Crippen molar-refractivity contribution in [3.05, 3.63) is 0 Å². The first-order valence-electron chi connectivity index (χ1n) is 10.6. The summed E-state index contributed by atoms with van der Waals surface area (Å²) in [4.78, 5) is 12.7. The number of aliphatic hydroxyl groups is 1. The van der Waals surface area contributed by atoms with Gasteiger partial charge in [-0.05, 0) is 81.5 Å². The maximum Gasteiger partial charge on any atom is 0.160 e. The van der Waals surface area contributed by atoms with Crippen molar-refractivity contribution in [3.8, 4) is 0 Å². The summed E-state index contributed by atoms with van der Waals surface area (Å²) in [7, 11) is 0. The van der Waals surface area contributed by atoms with Crippen molar-refractivity contribution < 1.29 is 14.6 Å². The highest BCUT2D eigenvalue weighted by Crippen LogP contribution is 2.66. The zero-order valence-electron chi connectivity index (χ0n) is 16.5. The lowest BCUT2D eigenvalue weighted by Crippen LogP contribution is -2.59. The Bertz CT molecular complexity index is 550. The summed E-state index contributed by atoms with van der Waals surface area (Å²) >= 11 is 0. The van der Waals surface area contributed by atoms with Crippen LogP contribution in [0.1, 0.15) is 85.5 Å². The van der Waals surface area contributed by atoms with Gasteiger partial charge in [0.25, 0.3) is 0 Å². The predicted octanol–water partition coefficient (Wildman–Crippen LogP) is 4.71. The number of carbonyl (C=O) groups excluding carboxylic acids is 1. The molecule has 0 spiro atoms. The number of fused-ring (bicyclic) bond motifs is 5. The third-order valence-electron chi connectivity index (χ3n) is 8.73. The Kier molecular flexibility index (Phi) is 4.16. The zero-order chi connectivity index (χ0) is 18.0. The molecule has 3 heteroatoms. The number of rotatable bonds is 2. The van der Waals surface area contributed by atoms with Crippen molar-refractivity contribution in [3.63, 3.8) is 0 Å². The summed E-state index contributed by atoms with van der Waals surface area (Å²) < 4.78 is 6.27. The van der Waals surface area contributed by atoms with Crippen LogP contribution < -0.4 is 0 Å². The molecule has 0 aromatic rings. The minimum atomic E-state index is -1.09. The number of hydrogen-bond acceptors (Lipinski definition) is 3. The molecule has 0 aromatic carbocycles. The van der Waals surface area contributed by atoms with Crippen molar-refractivity contribution in [2.75, 3.05) is 0 Å². The van der Waals surface area contributed by atoms with Crippen molar-refractivity contribution in [1.29, 1.82) is 0 Å². The maximum atomic E-state index is 12.7. The molecule has 4 fully saturated rings. The fourth-order valence-electron chi connectivity index (χ4n) is 7.50. The summed E-state index contributed by atoms with van der Waals surface area (Å²) in [5.74, 6) is 1.66. The van der Waals surface area contributed by atoms with E-state index in [9.17, 15) is 9.90 Å². The van der Waals surface area contributed by atoms with Crippen molar-refractivity contribution in [1.82, 2.24) is 0 Å². The normalized spacial score (nSPS) is 50.1. The van der Waals surface area contributed by atoms with E-state index in [0.717, 1.165) is 31.6 Å². The van der Waals surface area contributed by atoms with Crippen LogP contribution >= 0.6 is 0 Å². The molecule has 0 heterocycles. The molecule has 4 aliphatic carbocycles. The fourth-order valence-corrected chi connectivity index (χ4v) is 7.50. The minimum absolute atomic E-state index is 0.108. The molecule has 4 saturated carbocycles. The Morgan fingerprint density at radius 3 is 2.56 bits per heavy atom. The Balaban J connectivity index is 1.72. The lowest BCUT2D eigenvalue weighted by Gasteiger charge is -2.62. The molecule has 4 rings (SSSR count). The van der Waals surface area contributed by atoms with Crippen LogP contribution in [0.15, 0.2) is 0 Å². The molecule has 7 atom stereocenters. The molecule has 0 aromatic heterocycles. The molecule has 0 bridgehead atoms. The summed E-state index contributed by atoms with van der Waals surface area (Å²) in [6.45, 7) is 8.28. The number of carbonyl (C=O) groups is 1. The molecule has 25 heavy (non-hydrogen) atoms. The van der Waals surface area contributed by atoms with Gasteiger partial charge in [0, 0.05) is 11.8 Å². The average molecular weight is 349 g/mol. The molecule has 0 radical (unpaired) electrons. The Morgan fingerprint density at radius 2 is 1.84 bits per heavy atom. The van der Waals surface area contributed by atoms with Crippen molar-refractivity contribution in [2.45, 2.75) is 97.4 Å². The minimum Gasteiger partial charge on any atom is -0.366 e. The van der Waals surface area contributed by atoms with Crippen LogP contribution in [0.25, 0.3) is 0 Å². The van der Waals surface area contributed by atoms with E-state index in [0.29, 0.717) is 29.0 Å². The van der Waals surface area contributed by atoms with Crippen LogP contribution in [-0.2, 0) is 9.53 Å². The number of ether oxygens (including phenoxy) is 1. The van der Waals surface area contributed by atoms with E-state index >= 15 is 0 Å². The molecule has 1 N–H and O–H groups in total. The predicted molar refractivity (Wildman–Crippen MR) is 97.9 cm³/mol. The van der Waals surface area contributed by atoms with Gasteiger partial charge in [-0.3, -0.25) is 4.79 Å². The van der Waals surface area contributed by atoms with Gasteiger partial charge in [0.2, 0.25) is 0 Å². The fraction of sp³-hybridized carbons (Fsp3) is 0.955. The molecular weight excluding hydrogens is 312 g/mol. The third kappa shape index (κ3) is 2.72. The SMILES string of the molecule is CC(C)(O)O[C@H]1CC2CCCC[C@]2(C)C2CC[C@]3(C)C(=O)CCC3C21. The molecular formula is C22H36O3. The molecule has 0 saturated heterocycles. The molecule has 4 aliphatic rings. The van der Waals surface area contributed by atoms with Gasteiger partial charge in [-0.15, -0.1) is 0 Å². The lowest BCUT2D eigenvalue weighted by molar-refractivity contribution is -0.261. The van der Waals surface area contributed by atoms with E-state index < -0.39 is 5.79 Å². The second-order valence-corrected chi connectivity index (χ2v) is 10.5. The highest BCUT2D eigenvalue weighted by Gasteiger charge is 2.62. The standard InChI is InChI=1S/C22H36O3/c1-20(2,24)25-17-13-14-7-5-6-11-21(14,3)16-10-12-22(4)15(19(16)17)8-9-18(22)23/h14-17,19,24H,5-13H2,1-4H3/t14?,15?,16?,17-,19?,21-,22-/m0/s1. The maximum absolute atomic E-state index is 12.7. The average Bonchev–Trinajstić information content (AvgIpc) is 2.82. The summed E-state index contributed by atoms with van der Waals surface area (Å²) in [5.41, 5.74) is 0.273. The summed E-state index contributed by atoms with van der Waals surface area (Å²) in [5, 5.41) is 10.4. The molecule has 3 nitrogen and oxygen atoms in total. The Labute approximate surface area is 152 Å². The van der Waals surface area contributed by atoms with E-state index in [1.807, 2.05) is 0 Å². The van der Waals surface area contributed by atoms with Crippen LogP contribution in [0, 0.1) is 34.5 Å². The lowest BCUT2D eigenvalue weighted by atomic mass is 9.44. The van der Waals surface area contributed by atoms with Gasteiger partial charge in [0.1, 0.15) is 5.78 Å². The van der Waals surface area contributed by atoms with Crippen LogP contribution in [0.3, 0.4) is 0 Å². The van der Waals surface area contributed by atoms with Gasteiger partial charge in [0.05, 0.1) is 6.10 Å². The van der Waals surface area contributed by atoms with Crippen molar-refractivity contribution in [2.24, 2.45) is 34.5 Å². The number of Topliss-reactive ketones (excluding diaryl/α,β-unsaturated/α-hetero) is 1. The smallest absolute Gasteiger partial charge is 0.160 e. The van der Waals surface area contributed by atoms with Gasteiger partial charge < -0.3 is 9.84 Å². The monoisotopic (exact) mass is 348 g/mol. The highest BCUT2D eigenvalue weighted by atomic mass is 16.6. The quantitative estimate of drug-likeness (QED) is 0.735.